The number of halogens is 1. The van der Waals surface area contributed by atoms with Crippen LogP contribution < -0.4 is 0 Å². The van der Waals surface area contributed by atoms with Crippen molar-refractivity contribution >= 4 is 30.2 Å². The van der Waals surface area contributed by atoms with E-state index in [2.05, 4.69) is 54.3 Å². The molecule has 4 atom stereocenters. The number of fused-ring (bicyclic) bond motifs is 2. The molecule has 0 aliphatic carbocycles. The fourth-order valence-corrected chi connectivity index (χ4v) is 6.90. The highest BCUT2D eigenvalue weighted by atomic mass is 79.9. The van der Waals surface area contributed by atoms with Crippen molar-refractivity contribution in [2.45, 2.75) is 76.3 Å². The third-order valence-corrected chi connectivity index (χ3v) is 7.77. The number of nitrogens with zero attached hydrogens (tertiary/aromatic N) is 1. The third kappa shape index (κ3) is 3.52. The molecule has 0 aromatic heterocycles. The largest absolute Gasteiger partial charge is 0.469 e. The van der Waals surface area contributed by atoms with Gasteiger partial charge in [-0.3, -0.25) is 4.79 Å². The van der Waals surface area contributed by atoms with Crippen LogP contribution in [0.1, 0.15) is 33.1 Å². The first kappa shape index (κ1) is 21.3. The normalized spacial score (nSPS) is 33.9. The second-order valence-electron chi connectivity index (χ2n) is 9.16. The molecule has 2 bridgehead atoms. The van der Waals surface area contributed by atoms with E-state index < -0.39 is 20.0 Å². The lowest BCUT2D eigenvalue weighted by atomic mass is 9.88. The Bertz CT molecular complexity index is 647. The number of ether oxygens (including phenoxy) is 3. The molecule has 3 heterocycles. The van der Waals surface area contributed by atoms with Crippen LogP contribution in [0.3, 0.4) is 0 Å². The molecule has 0 aromatic carbocycles. The molecule has 0 aromatic rings. The Hall–Kier alpha value is -0.413. The van der Waals surface area contributed by atoms with Crippen LogP contribution in [0.4, 0.5) is 0 Å². The Morgan fingerprint density at radius 2 is 2.00 bits per heavy atom. The van der Waals surface area contributed by atoms with E-state index in [1.54, 1.807) is 7.11 Å². The number of carbonyl (C=O) groups is 1. The highest BCUT2D eigenvalue weighted by Crippen LogP contribution is 2.57. The number of hydrogen-bond donors (Lipinski definition) is 0. The van der Waals surface area contributed by atoms with E-state index in [-0.39, 0.29) is 23.7 Å². The minimum Gasteiger partial charge on any atom is -0.469 e. The van der Waals surface area contributed by atoms with Crippen LogP contribution in [-0.2, 0) is 23.4 Å². The molecule has 6 nitrogen and oxygen atoms in total. The van der Waals surface area contributed by atoms with Crippen LogP contribution >= 0.6 is 15.9 Å². The molecule has 2 fully saturated rings. The van der Waals surface area contributed by atoms with Gasteiger partial charge >= 0.3 is 5.97 Å². The summed E-state index contributed by atoms with van der Waals surface area (Å²) in [6.07, 6.45) is 2.58. The molecule has 0 saturated carbocycles. The second kappa shape index (κ2) is 7.13. The van der Waals surface area contributed by atoms with E-state index in [0.717, 1.165) is 29.6 Å². The van der Waals surface area contributed by atoms with Crippen molar-refractivity contribution in [1.82, 2.24) is 4.90 Å². The van der Waals surface area contributed by atoms with Gasteiger partial charge < -0.3 is 23.5 Å². The lowest BCUT2D eigenvalue weighted by molar-refractivity contribution is -0.173. The number of carbonyl (C=O) groups excluding carboxylic acids is 1. The molecule has 3 aliphatic heterocycles. The maximum Gasteiger partial charge on any atom is 0.314 e. The van der Waals surface area contributed by atoms with Gasteiger partial charge in [0, 0.05) is 13.7 Å². The summed E-state index contributed by atoms with van der Waals surface area (Å²) in [6.45, 7) is 11.5. The van der Waals surface area contributed by atoms with Gasteiger partial charge in [0.05, 0.1) is 28.9 Å². The van der Waals surface area contributed by atoms with Crippen molar-refractivity contribution in [3.63, 3.8) is 0 Å². The average Bonchev–Trinajstić information content (AvgIpc) is 3.24. The molecular weight excluding hydrogens is 430 g/mol. The monoisotopic (exact) mass is 461 g/mol. The predicted octanol–water partition coefficient (Wildman–Crippen LogP) is 3.62. The Labute approximate surface area is 171 Å². The predicted molar refractivity (Wildman–Crippen MR) is 109 cm³/mol. The van der Waals surface area contributed by atoms with Crippen molar-refractivity contribution < 1.29 is 23.4 Å². The molecule has 154 valence electrons. The van der Waals surface area contributed by atoms with Gasteiger partial charge in [-0.1, -0.05) is 0 Å². The maximum absolute atomic E-state index is 12.5. The zero-order valence-electron chi connectivity index (χ0n) is 17.4. The fourth-order valence-electron chi connectivity index (χ4n) is 4.62. The summed E-state index contributed by atoms with van der Waals surface area (Å²) in [5, 5.41) is 0. The first-order valence-electron chi connectivity index (χ1n) is 9.64. The molecule has 3 aliphatic rings. The van der Waals surface area contributed by atoms with E-state index in [1.807, 2.05) is 0 Å². The van der Waals surface area contributed by atoms with Crippen LogP contribution in [0, 0.1) is 5.92 Å². The zero-order chi connectivity index (χ0) is 20.2. The lowest BCUT2D eigenvalue weighted by Crippen LogP contribution is -2.51. The summed E-state index contributed by atoms with van der Waals surface area (Å²) in [7, 11) is 1.19. The molecule has 0 spiro atoms. The van der Waals surface area contributed by atoms with Gasteiger partial charge in [-0.15, -0.1) is 0 Å². The van der Waals surface area contributed by atoms with E-state index in [9.17, 15) is 4.79 Å². The number of methoxy groups -OCH3 is 2. The third-order valence-electron chi connectivity index (χ3n) is 5.90. The summed E-state index contributed by atoms with van der Waals surface area (Å²) in [5.74, 6) is -1.79. The van der Waals surface area contributed by atoms with Crippen molar-refractivity contribution in [1.29, 1.82) is 0 Å². The van der Waals surface area contributed by atoms with Gasteiger partial charge in [-0.2, -0.15) is 0 Å². The number of likely N-dealkylation sites (tertiary alicyclic amines) is 1. The molecule has 2 saturated heterocycles. The number of hydrogen-bond acceptors (Lipinski definition) is 6. The fraction of sp³-hybridized carbons (Fsp3) is 0.842. The van der Waals surface area contributed by atoms with Crippen molar-refractivity contribution in [2.75, 3.05) is 20.8 Å². The van der Waals surface area contributed by atoms with Crippen LogP contribution in [-0.4, -0.2) is 63.5 Å². The Morgan fingerprint density at radius 1 is 1.33 bits per heavy atom. The molecule has 0 amide bonds. The SMILES string of the molecule is COC(=O)[C@H]1C[C@@H]2O[C@@]1(O[Si](C)(C)C)C(Br)=C2N1CCC[C@H]1C(C)(C)OC. The lowest BCUT2D eigenvalue weighted by Gasteiger charge is -2.41. The second-order valence-corrected chi connectivity index (χ2v) is 14.4. The quantitative estimate of drug-likeness (QED) is 0.444. The molecular formula is C19H32BrNO5Si. The van der Waals surface area contributed by atoms with E-state index in [1.165, 1.54) is 7.11 Å². The molecule has 27 heavy (non-hydrogen) atoms. The summed E-state index contributed by atoms with van der Waals surface area (Å²) in [4.78, 5) is 14.9. The van der Waals surface area contributed by atoms with E-state index in [4.69, 9.17) is 18.6 Å². The topological polar surface area (TPSA) is 57.2 Å². The van der Waals surface area contributed by atoms with Crippen LogP contribution in [0.25, 0.3) is 0 Å². The van der Waals surface area contributed by atoms with E-state index in [0.29, 0.717) is 6.42 Å². The van der Waals surface area contributed by atoms with Gasteiger partial charge in [-0.05, 0) is 68.7 Å². The van der Waals surface area contributed by atoms with Crippen molar-refractivity contribution in [3.8, 4) is 0 Å². The summed E-state index contributed by atoms with van der Waals surface area (Å²) in [6, 6.07) is 0.258. The minimum atomic E-state index is -2.00. The maximum atomic E-state index is 12.5. The first-order chi connectivity index (χ1) is 12.5. The number of rotatable bonds is 6. The van der Waals surface area contributed by atoms with Crippen molar-refractivity contribution in [2.24, 2.45) is 5.92 Å². The molecule has 3 rings (SSSR count). The van der Waals surface area contributed by atoms with Gasteiger partial charge in [0.1, 0.15) is 12.0 Å². The molecule has 0 radical (unpaired) electrons. The van der Waals surface area contributed by atoms with Crippen LogP contribution in [0.2, 0.25) is 19.6 Å². The standard InChI is InChI=1S/C19H32BrNO5Si/c1-18(2,24-4)14-9-8-10-21(14)15-13-11-12(17(22)23-3)19(25-13,16(15)20)26-27(5,6)7/h12-14H,8-11H2,1-7H3/t12-,13+,14+,19+/m1/s1. The van der Waals surface area contributed by atoms with Gasteiger partial charge in [0.25, 0.3) is 0 Å². The Morgan fingerprint density at radius 3 is 2.56 bits per heavy atom. The Balaban J connectivity index is 2.02. The summed E-state index contributed by atoms with van der Waals surface area (Å²) >= 11 is 3.80. The van der Waals surface area contributed by atoms with Gasteiger partial charge in [0.2, 0.25) is 5.79 Å². The smallest absolute Gasteiger partial charge is 0.314 e. The minimum absolute atomic E-state index is 0.173. The average molecular weight is 462 g/mol. The Kier molecular flexibility index (Phi) is 5.62. The van der Waals surface area contributed by atoms with Gasteiger partial charge in [-0.25, -0.2) is 0 Å². The molecule has 0 unspecified atom stereocenters. The molecule has 8 heteroatoms. The highest BCUT2D eigenvalue weighted by molar-refractivity contribution is 9.11. The van der Waals surface area contributed by atoms with Gasteiger partial charge in [0.15, 0.2) is 8.32 Å². The summed E-state index contributed by atoms with van der Waals surface area (Å²) in [5.41, 5.74) is 0.841. The van der Waals surface area contributed by atoms with E-state index >= 15 is 0 Å². The van der Waals surface area contributed by atoms with Crippen LogP contribution in [0.15, 0.2) is 10.2 Å². The first-order valence-corrected chi connectivity index (χ1v) is 13.8. The van der Waals surface area contributed by atoms with Crippen LogP contribution in [0.5, 0.6) is 0 Å². The number of esters is 1. The zero-order valence-corrected chi connectivity index (χ0v) is 20.0. The summed E-state index contributed by atoms with van der Waals surface area (Å²) < 4.78 is 24.6. The molecule has 0 N–H and O–H groups in total. The highest BCUT2D eigenvalue weighted by Gasteiger charge is 2.65. The van der Waals surface area contributed by atoms with Crippen molar-refractivity contribution in [3.05, 3.63) is 10.2 Å².